The number of aryl methyl sites for hydroxylation is 1. The molecule has 1 atom stereocenters. The van der Waals surface area contributed by atoms with Gasteiger partial charge in [-0.05, 0) is 37.4 Å². The van der Waals surface area contributed by atoms with Gasteiger partial charge in [-0.2, -0.15) is 0 Å². The first kappa shape index (κ1) is 17.4. The van der Waals surface area contributed by atoms with Gasteiger partial charge in [0.05, 0.1) is 11.7 Å². The summed E-state index contributed by atoms with van der Waals surface area (Å²) >= 11 is 1.57. The fourth-order valence-electron chi connectivity index (χ4n) is 2.87. The summed E-state index contributed by atoms with van der Waals surface area (Å²) < 4.78 is 0. The Labute approximate surface area is 151 Å². The van der Waals surface area contributed by atoms with Gasteiger partial charge < -0.3 is 15.5 Å². The van der Waals surface area contributed by atoms with E-state index in [0.29, 0.717) is 13.0 Å². The number of benzene rings is 2. The molecule has 2 aromatic carbocycles. The van der Waals surface area contributed by atoms with Crippen LogP contribution in [0.3, 0.4) is 0 Å². The molecular weight excluding hydrogens is 334 g/mol. The second kappa shape index (κ2) is 7.61. The first-order valence-corrected chi connectivity index (χ1v) is 9.37. The van der Waals surface area contributed by atoms with Crippen LogP contribution in [0.5, 0.6) is 0 Å². The maximum atomic E-state index is 12.3. The van der Waals surface area contributed by atoms with Crippen molar-refractivity contribution in [2.24, 2.45) is 0 Å². The largest absolute Gasteiger partial charge is 0.333 e. The lowest BCUT2D eigenvalue weighted by molar-refractivity contribution is -0.117. The van der Waals surface area contributed by atoms with Crippen molar-refractivity contribution in [1.82, 2.24) is 5.32 Å². The molecule has 1 fully saturated rings. The monoisotopic (exact) mass is 355 g/mol. The van der Waals surface area contributed by atoms with Crippen molar-refractivity contribution in [3.8, 4) is 0 Å². The molecule has 25 heavy (non-hydrogen) atoms. The summed E-state index contributed by atoms with van der Waals surface area (Å²) in [6.07, 6.45) is 2.28. The number of amides is 3. The second-order valence-electron chi connectivity index (χ2n) is 6.04. The third-order valence-corrected chi connectivity index (χ3v) is 4.96. The Hall–Kier alpha value is -2.47. The van der Waals surface area contributed by atoms with E-state index in [9.17, 15) is 9.59 Å². The van der Waals surface area contributed by atoms with Crippen molar-refractivity contribution in [3.63, 3.8) is 0 Å². The molecule has 1 aliphatic heterocycles. The second-order valence-corrected chi connectivity index (χ2v) is 6.89. The van der Waals surface area contributed by atoms with Crippen molar-refractivity contribution in [1.29, 1.82) is 0 Å². The molecule has 0 radical (unpaired) electrons. The predicted octanol–water partition coefficient (Wildman–Crippen LogP) is 3.64. The minimum atomic E-state index is -0.287. The molecule has 0 bridgehead atoms. The molecule has 0 aliphatic carbocycles. The van der Waals surface area contributed by atoms with Crippen LogP contribution in [0.4, 0.5) is 16.2 Å². The number of urea groups is 1. The SMILES string of the molecule is CSc1ccccc1NC(=O)NC1CC(=O)N(c2ccc(C)cc2)C1. The summed E-state index contributed by atoms with van der Waals surface area (Å²) in [5.41, 5.74) is 2.79. The Morgan fingerprint density at radius 3 is 2.60 bits per heavy atom. The standard InChI is InChI=1S/C19H21N3O2S/c1-13-7-9-15(10-8-13)22-12-14(11-18(22)23)20-19(24)21-16-5-3-4-6-17(16)25-2/h3-10,14H,11-12H2,1-2H3,(H2,20,21,24). The highest BCUT2D eigenvalue weighted by Crippen LogP contribution is 2.25. The van der Waals surface area contributed by atoms with Crippen molar-refractivity contribution in [2.45, 2.75) is 24.3 Å². The maximum Gasteiger partial charge on any atom is 0.319 e. The van der Waals surface area contributed by atoms with E-state index in [4.69, 9.17) is 0 Å². The molecule has 1 saturated heterocycles. The van der Waals surface area contributed by atoms with Crippen LogP contribution in [-0.4, -0.2) is 30.8 Å². The molecule has 3 rings (SSSR count). The third-order valence-electron chi connectivity index (χ3n) is 4.16. The van der Waals surface area contributed by atoms with Crippen molar-refractivity contribution in [3.05, 3.63) is 54.1 Å². The molecule has 2 aromatic rings. The molecule has 1 aliphatic rings. The zero-order valence-corrected chi connectivity index (χ0v) is 15.1. The van der Waals surface area contributed by atoms with Gasteiger partial charge in [-0.25, -0.2) is 4.79 Å². The number of para-hydroxylation sites is 1. The Morgan fingerprint density at radius 1 is 1.16 bits per heavy atom. The van der Waals surface area contributed by atoms with Crippen LogP contribution in [0.15, 0.2) is 53.4 Å². The van der Waals surface area contributed by atoms with Crippen LogP contribution >= 0.6 is 11.8 Å². The first-order valence-electron chi connectivity index (χ1n) is 8.14. The fourth-order valence-corrected chi connectivity index (χ4v) is 3.42. The van der Waals surface area contributed by atoms with E-state index >= 15 is 0 Å². The number of hydrogen-bond acceptors (Lipinski definition) is 3. The highest BCUT2D eigenvalue weighted by Gasteiger charge is 2.31. The van der Waals surface area contributed by atoms with Gasteiger partial charge in [0, 0.05) is 23.5 Å². The zero-order valence-electron chi connectivity index (χ0n) is 14.3. The number of carbonyl (C=O) groups excluding carboxylic acids is 2. The zero-order chi connectivity index (χ0) is 17.8. The number of thioether (sulfide) groups is 1. The number of carbonyl (C=O) groups is 2. The summed E-state index contributed by atoms with van der Waals surface area (Å²) in [5, 5.41) is 5.76. The molecule has 5 nitrogen and oxygen atoms in total. The molecule has 1 heterocycles. The van der Waals surface area contributed by atoms with Crippen LogP contribution in [0.2, 0.25) is 0 Å². The molecule has 0 aromatic heterocycles. The van der Waals surface area contributed by atoms with Gasteiger partial charge in [0.25, 0.3) is 0 Å². The first-order chi connectivity index (χ1) is 12.1. The number of anilines is 2. The van der Waals surface area contributed by atoms with Crippen LogP contribution in [0, 0.1) is 6.92 Å². The van der Waals surface area contributed by atoms with E-state index in [1.807, 2.05) is 61.7 Å². The molecule has 2 N–H and O–H groups in total. The van der Waals surface area contributed by atoms with Crippen LogP contribution < -0.4 is 15.5 Å². The van der Waals surface area contributed by atoms with E-state index in [2.05, 4.69) is 10.6 Å². The fraction of sp³-hybridized carbons (Fsp3) is 0.263. The number of nitrogens with one attached hydrogen (secondary N) is 2. The van der Waals surface area contributed by atoms with Crippen molar-refractivity contribution in [2.75, 3.05) is 23.0 Å². The van der Waals surface area contributed by atoms with Crippen LogP contribution in [-0.2, 0) is 4.79 Å². The summed E-state index contributed by atoms with van der Waals surface area (Å²) in [4.78, 5) is 27.3. The molecule has 0 saturated carbocycles. The maximum absolute atomic E-state index is 12.3. The molecule has 0 spiro atoms. The van der Waals surface area contributed by atoms with Gasteiger partial charge in [-0.15, -0.1) is 11.8 Å². The topological polar surface area (TPSA) is 61.4 Å². The Bertz CT molecular complexity index is 776. The van der Waals surface area contributed by atoms with E-state index in [1.54, 1.807) is 16.7 Å². The van der Waals surface area contributed by atoms with E-state index in [-0.39, 0.29) is 18.0 Å². The minimum absolute atomic E-state index is 0.0265. The lowest BCUT2D eigenvalue weighted by Crippen LogP contribution is -2.39. The van der Waals surface area contributed by atoms with Crippen LogP contribution in [0.1, 0.15) is 12.0 Å². The van der Waals surface area contributed by atoms with E-state index < -0.39 is 0 Å². The Balaban J connectivity index is 1.61. The van der Waals surface area contributed by atoms with E-state index in [0.717, 1.165) is 21.8 Å². The summed E-state index contributed by atoms with van der Waals surface area (Å²) in [6, 6.07) is 15.0. The van der Waals surface area contributed by atoms with E-state index in [1.165, 1.54) is 0 Å². The highest BCUT2D eigenvalue weighted by atomic mass is 32.2. The minimum Gasteiger partial charge on any atom is -0.333 e. The van der Waals surface area contributed by atoms with Gasteiger partial charge >= 0.3 is 6.03 Å². The summed E-state index contributed by atoms with van der Waals surface area (Å²) in [7, 11) is 0. The number of hydrogen-bond donors (Lipinski definition) is 2. The highest BCUT2D eigenvalue weighted by molar-refractivity contribution is 7.98. The normalized spacial score (nSPS) is 16.8. The Kier molecular flexibility index (Phi) is 5.28. The smallest absolute Gasteiger partial charge is 0.319 e. The van der Waals surface area contributed by atoms with Crippen molar-refractivity contribution >= 4 is 35.1 Å². The number of rotatable bonds is 4. The predicted molar refractivity (Wildman–Crippen MR) is 102 cm³/mol. The van der Waals surface area contributed by atoms with Gasteiger partial charge in [0.1, 0.15) is 0 Å². The molecule has 3 amide bonds. The lowest BCUT2D eigenvalue weighted by atomic mass is 10.2. The van der Waals surface area contributed by atoms with Crippen LogP contribution in [0.25, 0.3) is 0 Å². The van der Waals surface area contributed by atoms with Gasteiger partial charge in [0.2, 0.25) is 5.91 Å². The summed E-state index contributed by atoms with van der Waals surface area (Å²) in [6.45, 7) is 2.50. The molecule has 6 heteroatoms. The molecule has 130 valence electrons. The van der Waals surface area contributed by atoms with Gasteiger partial charge in [0.15, 0.2) is 0 Å². The lowest BCUT2D eigenvalue weighted by Gasteiger charge is -2.18. The van der Waals surface area contributed by atoms with Gasteiger partial charge in [-0.1, -0.05) is 29.8 Å². The average Bonchev–Trinajstić information content (AvgIpc) is 2.96. The van der Waals surface area contributed by atoms with Gasteiger partial charge in [-0.3, -0.25) is 4.79 Å². The molecule has 1 unspecified atom stereocenters. The Morgan fingerprint density at radius 2 is 1.88 bits per heavy atom. The quantitative estimate of drug-likeness (QED) is 0.823. The number of nitrogens with zero attached hydrogens (tertiary/aromatic N) is 1. The summed E-state index contributed by atoms with van der Waals surface area (Å²) in [5.74, 6) is 0.0265. The third kappa shape index (κ3) is 4.14. The van der Waals surface area contributed by atoms with Crippen molar-refractivity contribution < 1.29 is 9.59 Å². The average molecular weight is 355 g/mol. The molecular formula is C19H21N3O2S.